The Morgan fingerprint density at radius 1 is 1.31 bits per heavy atom. The molecule has 0 saturated heterocycles. The first kappa shape index (κ1) is 13.2. The molecule has 0 aliphatic carbocycles. The predicted octanol–water partition coefficient (Wildman–Crippen LogP) is 3.09. The van der Waals surface area contributed by atoms with Crippen LogP contribution in [0.5, 0.6) is 0 Å². The summed E-state index contributed by atoms with van der Waals surface area (Å²) in [6, 6.07) is 0.458. The fraction of sp³-hybridized carbons (Fsp3) is 0.667. The molecule has 1 aromatic heterocycles. The van der Waals surface area contributed by atoms with E-state index >= 15 is 0 Å². The molecule has 3 nitrogen and oxygen atoms in total. The molecule has 1 aromatic rings. The Morgan fingerprint density at radius 2 is 2.00 bits per heavy atom. The highest BCUT2D eigenvalue weighted by molar-refractivity contribution is 6.16. The Labute approximate surface area is 103 Å². The number of anilines is 1. The average molecular weight is 242 g/mol. The zero-order chi connectivity index (χ0) is 12.1. The van der Waals surface area contributed by atoms with Gasteiger partial charge in [-0.05, 0) is 19.3 Å². The van der Waals surface area contributed by atoms with Crippen molar-refractivity contribution in [3.63, 3.8) is 0 Å². The number of hydrogen-bond acceptors (Lipinski definition) is 3. The summed E-state index contributed by atoms with van der Waals surface area (Å²) in [5.41, 5.74) is 0.822. The molecule has 4 heteroatoms. The van der Waals surface area contributed by atoms with Gasteiger partial charge in [0.2, 0.25) is 0 Å². The Balaban J connectivity index is 2.74. The number of hydrogen-bond donors (Lipinski definition) is 0. The van der Waals surface area contributed by atoms with Crippen LogP contribution < -0.4 is 4.90 Å². The molecule has 1 rings (SSSR count). The van der Waals surface area contributed by atoms with Crippen LogP contribution in [-0.4, -0.2) is 23.1 Å². The quantitative estimate of drug-likeness (QED) is 0.742. The normalized spacial score (nSPS) is 12.9. The number of alkyl halides is 1. The summed E-state index contributed by atoms with van der Waals surface area (Å²) < 4.78 is 0. The van der Waals surface area contributed by atoms with Crippen LogP contribution in [0.2, 0.25) is 0 Å². The van der Waals surface area contributed by atoms with Crippen molar-refractivity contribution in [2.75, 3.05) is 11.9 Å². The maximum Gasteiger partial charge on any atom is 0.147 e. The lowest BCUT2D eigenvalue weighted by Gasteiger charge is -2.27. The predicted molar refractivity (Wildman–Crippen MR) is 68.9 cm³/mol. The van der Waals surface area contributed by atoms with Gasteiger partial charge in [0.25, 0.3) is 0 Å². The molecular formula is C12H20ClN3. The van der Waals surface area contributed by atoms with E-state index in [0.717, 1.165) is 17.9 Å². The van der Waals surface area contributed by atoms with E-state index in [4.69, 9.17) is 11.6 Å². The van der Waals surface area contributed by atoms with Crippen molar-refractivity contribution in [3.05, 3.63) is 18.1 Å². The number of halogens is 1. The zero-order valence-electron chi connectivity index (χ0n) is 10.4. The van der Waals surface area contributed by atoms with Crippen molar-refractivity contribution < 1.29 is 0 Å². The molecule has 0 radical (unpaired) electrons. The van der Waals surface area contributed by atoms with Crippen LogP contribution in [0.25, 0.3) is 0 Å². The summed E-state index contributed by atoms with van der Waals surface area (Å²) in [6.45, 7) is 6.66. The average Bonchev–Trinajstić information content (AvgIpc) is 2.27. The van der Waals surface area contributed by atoms with Crippen LogP contribution in [0.3, 0.4) is 0 Å². The van der Waals surface area contributed by atoms with Crippen LogP contribution in [-0.2, 0) is 5.88 Å². The molecule has 0 saturated carbocycles. The molecular weight excluding hydrogens is 222 g/mol. The number of aromatic nitrogens is 2. The van der Waals surface area contributed by atoms with E-state index in [9.17, 15) is 0 Å². The Kier molecular flexibility index (Phi) is 5.00. The van der Waals surface area contributed by atoms with Gasteiger partial charge in [-0.3, -0.25) is 4.98 Å². The van der Waals surface area contributed by atoms with Gasteiger partial charge in [-0.15, -0.1) is 11.6 Å². The maximum absolute atomic E-state index is 5.75. The first-order valence-electron chi connectivity index (χ1n) is 5.64. The Morgan fingerprint density at radius 3 is 2.56 bits per heavy atom. The molecule has 0 spiro atoms. The molecule has 0 aliphatic heterocycles. The molecule has 0 N–H and O–H groups in total. The van der Waals surface area contributed by atoms with E-state index in [-0.39, 0.29) is 0 Å². The lowest BCUT2D eigenvalue weighted by Crippen LogP contribution is -2.31. The van der Waals surface area contributed by atoms with Gasteiger partial charge >= 0.3 is 0 Å². The van der Waals surface area contributed by atoms with E-state index in [1.165, 1.54) is 0 Å². The molecule has 0 fully saturated rings. The lowest BCUT2D eigenvalue weighted by molar-refractivity contribution is 0.501. The van der Waals surface area contributed by atoms with E-state index < -0.39 is 0 Å². The summed E-state index contributed by atoms with van der Waals surface area (Å²) in [6.07, 6.45) is 4.63. The monoisotopic (exact) mass is 241 g/mol. The summed E-state index contributed by atoms with van der Waals surface area (Å²) in [4.78, 5) is 10.8. The van der Waals surface area contributed by atoms with E-state index in [1.54, 1.807) is 12.4 Å². The van der Waals surface area contributed by atoms with E-state index in [2.05, 4.69) is 42.7 Å². The van der Waals surface area contributed by atoms with Crippen LogP contribution in [0.1, 0.15) is 32.9 Å². The summed E-state index contributed by atoms with van der Waals surface area (Å²) >= 11 is 5.75. The minimum atomic E-state index is 0.410. The molecule has 1 atom stereocenters. The summed E-state index contributed by atoms with van der Waals surface area (Å²) in [7, 11) is 2.05. The van der Waals surface area contributed by atoms with Gasteiger partial charge in [0.05, 0.1) is 17.8 Å². The fourth-order valence-electron chi connectivity index (χ4n) is 1.70. The van der Waals surface area contributed by atoms with Crippen molar-refractivity contribution in [1.82, 2.24) is 9.97 Å². The van der Waals surface area contributed by atoms with E-state index in [0.29, 0.717) is 17.8 Å². The highest BCUT2D eigenvalue weighted by Gasteiger charge is 2.13. The SMILES string of the molecule is CC(C)CC(C)N(C)c1cncc(CCl)n1. The molecule has 0 amide bonds. The van der Waals surface area contributed by atoms with Crippen LogP contribution >= 0.6 is 11.6 Å². The minimum absolute atomic E-state index is 0.410. The highest BCUT2D eigenvalue weighted by atomic mass is 35.5. The first-order chi connectivity index (χ1) is 7.54. The van der Waals surface area contributed by atoms with Gasteiger partial charge in [-0.2, -0.15) is 0 Å². The maximum atomic E-state index is 5.75. The molecule has 16 heavy (non-hydrogen) atoms. The second-order valence-electron chi connectivity index (χ2n) is 4.59. The van der Waals surface area contributed by atoms with E-state index in [1.807, 2.05) is 0 Å². The first-order valence-corrected chi connectivity index (χ1v) is 6.17. The number of rotatable bonds is 5. The smallest absolute Gasteiger partial charge is 0.147 e. The fourth-order valence-corrected chi connectivity index (χ4v) is 1.82. The highest BCUT2D eigenvalue weighted by Crippen LogP contribution is 2.16. The van der Waals surface area contributed by atoms with Gasteiger partial charge in [0.1, 0.15) is 5.82 Å². The molecule has 1 unspecified atom stereocenters. The van der Waals surface area contributed by atoms with Gasteiger partial charge in [0, 0.05) is 19.3 Å². The largest absolute Gasteiger partial charge is 0.356 e. The van der Waals surface area contributed by atoms with Crippen molar-refractivity contribution in [2.24, 2.45) is 5.92 Å². The van der Waals surface area contributed by atoms with Crippen LogP contribution in [0.15, 0.2) is 12.4 Å². The van der Waals surface area contributed by atoms with Crippen molar-refractivity contribution >= 4 is 17.4 Å². The second-order valence-corrected chi connectivity index (χ2v) is 4.86. The van der Waals surface area contributed by atoms with Gasteiger partial charge < -0.3 is 4.90 Å². The standard InChI is InChI=1S/C12H20ClN3/c1-9(2)5-10(3)16(4)12-8-14-7-11(6-13)15-12/h7-10H,5-6H2,1-4H3. The molecule has 90 valence electrons. The number of nitrogens with zero attached hydrogens (tertiary/aromatic N) is 3. The molecule has 1 heterocycles. The van der Waals surface area contributed by atoms with Crippen molar-refractivity contribution in [1.29, 1.82) is 0 Å². The summed E-state index contributed by atoms with van der Waals surface area (Å²) in [5.74, 6) is 1.99. The van der Waals surface area contributed by atoms with Gasteiger partial charge in [-0.25, -0.2) is 4.98 Å². The molecule has 0 bridgehead atoms. The van der Waals surface area contributed by atoms with Crippen LogP contribution in [0.4, 0.5) is 5.82 Å². The third-order valence-electron chi connectivity index (χ3n) is 2.64. The summed E-state index contributed by atoms with van der Waals surface area (Å²) in [5, 5.41) is 0. The van der Waals surface area contributed by atoms with Crippen molar-refractivity contribution in [2.45, 2.75) is 39.1 Å². The Bertz CT molecular complexity index is 328. The van der Waals surface area contributed by atoms with Gasteiger partial charge in [0.15, 0.2) is 0 Å². The molecule has 0 aliphatic rings. The second kappa shape index (κ2) is 6.04. The van der Waals surface area contributed by atoms with Crippen molar-refractivity contribution in [3.8, 4) is 0 Å². The Hall–Kier alpha value is -0.830. The minimum Gasteiger partial charge on any atom is -0.356 e. The molecule has 0 aromatic carbocycles. The van der Waals surface area contributed by atoms with Crippen LogP contribution in [0, 0.1) is 5.92 Å². The zero-order valence-corrected chi connectivity index (χ0v) is 11.2. The lowest BCUT2D eigenvalue weighted by atomic mass is 10.0. The van der Waals surface area contributed by atoms with Gasteiger partial charge in [-0.1, -0.05) is 13.8 Å². The third-order valence-corrected chi connectivity index (χ3v) is 2.92. The topological polar surface area (TPSA) is 29.0 Å². The third kappa shape index (κ3) is 3.63.